The summed E-state index contributed by atoms with van der Waals surface area (Å²) in [7, 11) is 1.36. The van der Waals surface area contributed by atoms with E-state index in [9.17, 15) is 9.59 Å². The first-order valence-corrected chi connectivity index (χ1v) is 12.2. The van der Waals surface area contributed by atoms with Crippen LogP contribution < -0.4 is 4.90 Å². The molecule has 32 heavy (non-hydrogen) atoms. The van der Waals surface area contributed by atoms with Gasteiger partial charge >= 0.3 is 12.1 Å². The Morgan fingerprint density at radius 3 is 2.41 bits per heavy atom. The highest BCUT2D eigenvalue weighted by atomic mass is 79.9. The van der Waals surface area contributed by atoms with Crippen LogP contribution in [0.4, 0.5) is 10.5 Å². The van der Waals surface area contributed by atoms with Gasteiger partial charge in [0.2, 0.25) is 0 Å². The third-order valence-corrected chi connectivity index (χ3v) is 6.73. The lowest BCUT2D eigenvalue weighted by Crippen LogP contribution is -2.58. The van der Waals surface area contributed by atoms with Crippen LogP contribution in [0.1, 0.15) is 57.4 Å². The molecule has 2 aliphatic rings. The highest BCUT2D eigenvalue weighted by molar-refractivity contribution is 9.10. The normalized spacial score (nSPS) is 20.9. The van der Waals surface area contributed by atoms with Crippen molar-refractivity contribution in [1.29, 1.82) is 0 Å². The molecule has 0 bridgehead atoms. The fourth-order valence-electron chi connectivity index (χ4n) is 4.52. The summed E-state index contributed by atoms with van der Waals surface area (Å²) in [5.74, 6) is -0.439. The lowest BCUT2D eigenvalue weighted by Gasteiger charge is -2.48. The fraction of sp³-hybridized carbons (Fsp3) is 0.696. The molecule has 2 saturated heterocycles. The van der Waals surface area contributed by atoms with Gasteiger partial charge in [0.05, 0.1) is 12.8 Å². The van der Waals surface area contributed by atoms with E-state index in [1.54, 1.807) is 6.07 Å². The van der Waals surface area contributed by atoms with Crippen LogP contribution in [0, 0.1) is 0 Å². The highest BCUT2D eigenvalue weighted by Gasteiger charge is 2.35. The lowest BCUT2D eigenvalue weighted by atomic mass is 9.98. The predicted molar refractivity (Wildman–Crippen MR) is 127 cm³/mol. The smallest absolute Gasteiger partial charge is 0.410 e. The Hall–Kier alpha value is -1.87. The molecular formula is C23H35BrN4O4. The second-order valence-corrected chi connectivity index (χ2v) is 10.2. The summed E-state index contributed by atoms with van der Waals surface area (Å²) in [4.78, 5) is 35.3. The Morgan fingerprint density at radius 1 is 1.16 bits per heavy atom. The zero-order chi connectivity index (χ0) is 23.5. The molecule has 178 valence electrons. The van der Waals surface area contributed by atoms with E-state index in [0.29, 0.717) is 22.4 Å². The maximum absolute atomic E-state index is 12.4. The molecule has 1 aromatic heterocycles. The van der Waals surface area contributed by atoms with E-state index < -0.39 is 11.6 Å². The van der Waals surface area contributed by atoms with Crippen LogP contribution in [0.5, 0.6) is 0 Å². The first kappa shape index (κ1) is 24.8. The monoisotopic (exact) mass is 510 g/mol. The molecule has 0 aromatic carbocycles. The Kier molecular flexibility index (Phi) is 8.03. The number of piperidine rings is 1. The molecule has 0 radical (unpaired) electrons. The van der Waals surface area contributed by atoms with Gasteiger partial charge in [-0.2, -0.15) is 0 Å². The van der Waals surface area contributed by atoms with Gasteiger partial charge in [-0.15, -0.1) is 0 Å². The predicted octanol–water partition coefficient (Wildman–Crippen LogP) is 3.93. The number of amides is 1. The number of halogens is 1. The maximum Gasteiger partial charge on any atom is 0.410 e. The van der Waals surface area contributed by atoms with Crippen molar-refractivity contribution in [3.05, 3.63) is 22.4 Å². The van der Waals surface area contributed by atoms with Crippen LogP contribution in [0.25, 0.3) is 0 Å². The lowest BCUT2D eigenvalue weighted by molar-refractivity contribution is 0.00944. The van der Waals surface area contributed by atoms with Crippen molar-refractivity contribution in [3.8, 4) is 0 Å². The average molecular weight is 511 g/mol. The summed E-state index contributed by atoms with van der Waals surface area (Å²) in [6.45, 7) is 12.2. The maximum atomic E-state index is 12.4. The summed E-state index contributed by atoms with van der Waals surface area (Å²) >= 11 is 3.53. The number of carbonyl (C=O) groups excluding carboxylic acids is 2. The molecule has 0 unspecified atom stereocenters. The summed E-state index contributed by atoms with van der Waals surface area (Å²) in [5.41, 5.74) is 0.830. The zero-order valence-electron chi connectivity index (χ0n) is 19.8. The van der Waals surface area contributed by atoms with Gasteiger partial charge in [0.25, 0.3) is 0 Å². The Balaban J connectivity index is 1.60. The average Bonchev–Trinajstić information content (AvgIpc) is 2.77. The number of aromatic nitrogens is 1. The topological polar surface area (TPSA) is 75.2 Å². The number of hydrogen-bond donors (Lipinski definition) is 0. The zero-order valence-corrected chi connectivity index (χ0v) is 21.4. The highest BCUT2D eigenvalue weighted by Crippen LogP contribution is 2.30. The second-order valence-electron chi connectivity index (χ2n) is 9.44. The minimum atomic E-state index is -0.463. The number of piperazine rings is 1. The largest absolute Gasteiger partial charge is 0.464 e. The van der Waals surface area contributed by atoms with Gasteiger partial charge in [0.15, 0.2) is 0 Å². The molecule has 0 saturated carbocycles. The molecule has 1 atom stereocenters. The molecule has 1 aromatic rings. The Morgan fingerprint density at radius 2 is 1.84 bits per heavy atom. The molecule has 3 heterocycles. The summed E-state index contributed by atoms with van der Waals surface area (Å²) in [5, 5.41) is 0. The van der Waals surface area contributed by atoms with Crippen molar-refractivity contribution < 1.29 is 19.1 Å². The molecule has 0 aliphatic carbocycles. The summed E-state index contributed by atoms with van der Waals surface area (Å²) in [6, 6.07) is 4.55. The van der Waals surface area contributed by atoms with Gasteiger partial charge in [0, 0.05) is 44.8 Å². The second kappa shape index (κ2) is 10.4. The first-order valence-electron chi connectivity index (χ1n) is 11.4. The van der Waals surface area contributed by atoms with Gasteiger partial charge in [-0.25, -0.2) is 14.6 Å². The van der Waals surface area contributed by atoms with Gasteiger partial charge in [0.1, 0.15) is 15.9 Å². The molecule has 3 rings (SSSR count). The minimum absolute atomic E-state index is 0.208. The van der Waals surface area contributed by atoms with Crippen LogP contribution in [0.15, 0.2) is 16.7 Å². The standard InChI is InChI=1S/C23H35BrN4O4/c1-6-16-15-27(19-8-7-18(21(29)31-5)25-20(19)24)13-14-28(16)17-9-11-26(12-10-17)22(30)32-23(2,3)4/h7-8,16-17H,6,9-15H2,1-5H3/t16-/m0/s1. The molecule has 8 nitrogen and oxygen atoms in total. The number of nitrogens with zero attached hydrogens (tertiary/aromatic N) is 4. The van der Waals surface area contributed by atoms with E-state index in [-0.39, 0.29) is 6.09 Å². The molecular weight excluding hydrogens is 476 g/mol. The quantitative estimate of drug-likeness (QED) is 0.448. The number of esters is 1. The van der Waals surface area contributed by atoms with Crippen molar-refractivity contribution in [3.63, 3.8) is 0 Å². The van der Waals surface area contributed by atoms with Crippen molar-refractivity contribution in [1.82, 2.24) is 14.8 Å². The number of pyridine rings is 1. The van der Waals surface area contributed by atoms with E-state index in [2.05, 4.69) is 37.6 Å². The Bertz CT molecular complexity index is 821. The van der Waals surface area contributed by atoms with E-state index in [0.717, 1.165) is 57.7 Å². The van der Waals surface area contributed by atoms with E-state index in [1.807, 2.05) is 31.7 Å². The minimum Gasteiger partial charge on any atom is -0.464 e. The molecule has 0 spiro atoms. The SMILES string of the molecule is CC[C@H]1CN(c2ccc(C(=O)OC)nc2Br)CCN1C1CCN(C(=O)OC(C)(C)C)CC1. The molecule has 0 N–H and O–H groups in total. The van der Waals surface area contributed by atoms with Crippen LogP contribution >= 0.6 is 15.9 Å². The number of hydrogen-bond acceptors (Lipinski definition) is 7. The molecule has 1 amide bonds. The number of anilines is 1. The summed E-state index contributed by atoms with van der Waals surface area (Å²) in [6.07, 6.45) is 2.78. The van der Waals surface area contributed by atoms with Crippen molar-refractivity contribution in [2.24, 2.45) is 0 Å². The van der Waals surface area contributed by atoms with Gasteiger partial charge in [-0.05, 0) is 68.1 Å². The van der Waals surface area contributed by atoms with Crippen LogP contribution in [-0.4, -0.2) is 84.4 Å². The van der Waals surface area contributed by atoms with E-state index >= 15 is 0 Å². The van der Waals surface area contributed by atoms with E-state index in [4.69, 9.17) is 9.47 Å². The van der Waals surface area contributed by atoms with Crippen LogP contribution in [-0.2, 0) is 9.47 Å². The fourth-order valence-corrected chi connectivity index (χ4v) is 5.09. The van der Waals surface area contributed by atoms with E-state index in [1.165, 1.54) is 7.11 Å². The van der Waals surface area contributed by atoms with Gasteiger partial charge < -0.3 is 19.3 Å². The number of likely N-dealkylation sites (tertiary alicyclic amines) is 1. The number of carbonyl (C=O) groups is 2. The van der Waals surface area contributed by atoms with Crippen LogP contribution in [0.3, 0.4) is 0 Å². The van der Waals surface area contributed by atoms with Gasteiger partial charge in [-0.1, -0.05) is 6.92 Å². The van der Waals surface area contributed by atoms with Crippen LogP contribution in [0.2, 0.25) is 0 Å². The third kappa shape index (κ3) is 5.92. The molecule has 2 fully saturated rings. The number of ether oxygens (including phenoxy) is 2. The first-order chi connectivity index (χ1) is 15.1. The van der Waals surface area contributed by atoms with Crippen molar-refractivity contribution in [2.45, 2.75) is 64.6 Å². The van der Waals surface area contributed by atoms with Crippen molar-refractivity contribution >= 4 is 33.7 Å². The molecule has 2 aliphatic heterocycles. The molecule has 9 heteroatoms. The third-order valence-electron chi connectivity index (χ3n) is 6.15. The summed E-state index contributed by atoms with van der Waals surface area (Å²) < 4.78 is 11.0. The van der Waals surface area contributed by atoms with Crippen molar-refractivity contribution in [2.75, 3.05) is 44.7 Å². The van der Waals surface area contributed by atoms with Gasteiger partial charge in [-0.3, -0.25) is 4.90 Å². The Labute approximate surface area is 199 Å². The number of methoxy groups -OCH3 is 1. The number of rotatable bonds is 4.